The number of aryl methyl sites for hydroxylation is 1. The van der Waals surface area contributed by atoms with Crippen LogP contribution in [0.15, 0.2) is 24.4 Å². The molecule has 0 aliphatic rings. The molecule has 0 aliphatic carbocycles. The lowest BCUT2D eigenvalue weighted by molar-refractivity contribution is 0.113. The molecule has 4 nitrogen and oxygen atoms in total. The average Bonchev–Trinajstić information content (AvgIpc) is 2.74. The number of hydrogen-bond donors (Lipinski definition) is 2. The maximum absolute atomic E-state index is 9.26. The third-order valence-electron chi connectivity index (χ3n) is 2.57. The fourth-order valence-electron chi connectivity index (χ4n) is 1.73. The maximum Gasteiger partial charge on any atom is 0.137 e. The van der Waals surface area contributed by atoms with Crippen molar-refractivity contribution < 1.29 is 10.2 Å². The van der Waals surface area contributed by atoms with E-state index in [2.05, 4.69) is 9.38 Å². The van der Waals surface area contributed by atoms with Gasteiger partial charge < -0.3 is 14.6 Å². The maximum atomic E-state index is 9.26. The third-order valence-corrected chi connectivity index (χ3v) is 3.69. The van der Waals surface area contributed by atoms with Crippen LogP contribution < -0.4 is 0 Å². The van der Waals surface area contributed by atoms with Crippen LogP contribution in [0.1, 0.15) is 11.4 Å². The summed E-state index contributed by atoms with van der Waals surface area (Å²) in [5, 5.41) is 18.0. The smallest absolute Gasteiger partial charge is 0.137 e. The highest BCUT2D eigenvalue weighted by Gasteiger charge is 2.07. The number of imidazole rings is 1. The molecule has 2 aromatic heterocycles. The standard InChI is InChI=1S/C12H16N2O2S/c1-9-3-2-4-12-13-5-10(14(9)12)7-17-8-11(16)6-15/h2-5,11,15-16H,6-8H2,1H3. The molecule has 1 unspecified atom stereocenters. The molecule has 0 bridgehead atoms. The molecule has 0 aliphatic heterocycles. The fraction of sp³-hybridized carbons (Fsp3) is 0.417. The molecule has 17 heavy (non-hydrogen) atoms. The van der Waals surface area contributed by atoms with Gasteiger partial charge in [-0.05, 0) is 19.1 Å². The van der Waals surface area contributed by atoms with Gasteiger partial charge in [-0.25, -0.2) is 4.98 Å². The van der Waals surface area contributed by atoms with E-state index in [9.17, 15) is 5.11 Å². The van der Waals surface area contributed by atoms with E-state index in [1.54, 1.807) is 11.8 Å². The zero-order valence-electron chi connectivity index (χ0n) is 9.71. The summed E-state index contributed by atoms with van der Waals surface area (Å²) < 4.78 is 2.11. The van der Waals surface area contributed by atoms with Gasteiger partial charge in [-0.15, -0.1) is 0 Å². The highest BCUT2D eigenvalue weighted by molar-refractivity contribution is 7.98. The molecule has 2 rings (SSSR count). The fourth-order valence-corrected chi connectivity index (χ4v) is 2.64. The van der Waals surface area contributed by atoms with Gasteiger partial charge in [-0.3, -0.25) is 0 Å². The van der Waals surface area contributed by atoms with Gasteiger partial charge in [-0.1, -0.05) is 6.07 Å². The summed E-state index contributed by atoms with van der Waals surface area (Å²) in [7, 11) is 0. The number of hydrogen-bond acceptors (Lipinski definition) is 4. The summed E-state index contributed by atoms with van der Waals surface area (Å²) in [5.41, 5.74) is 3.22. The lowest BCUT2D eigenvalue weighted by atomic mass is 10.3. The zero-order valence-corrected chi connectivity index (χ0v) is 10.5. The Morgan fingerprint density at radius 2 is 2.29 bits per heavy atom. The van der Waals surface area contributed by atoms with Crippen LogP contribution in [0.5, 0.6) is 0 Å². The zero-order chi connectivity index (χ0) is 12.3. The first-order valence-corrected chi connectivity index (χ1v) is 6.66. The molecule has 0 radical (unpaired) electrons. The van der Waals surface area contributed by atoms with E-state index in [-0.39, 0.29) is 6.61 Å². The lowest BCUT2D eigenvalue weighted by Crippen LogP contribution is -2.14. The number of fused-ring (bicyclic) bond motifs is 1. The Balaban J connectivity index is 2.09. The number of aliphatic hydroxyl groups excluding tert-OH is 2. The van der Waals surface area contributed by atoms with Crippen molar-refractivity contribution in [1.82, 2.24) is 9.38 Å². The minimum absolute atomic E-state index is 0.181. The molecule has 5 heteroatoms. The van der Waals surface area contributed by atoms with Gasteiger partial charge >= 0.3 is 0 Å². The van der Waals surface area contributed by atoms with Crippen LogP contribution in [0.25, 0.3) is 5.65 Å². The van der Waals surface area contributed by atoms with Crippen molar-refractivity contribution in [2.24, 2.45) is 0 Å². The summed E-state index contributed by atoms with van der Waals surface area (Å²) in [6.45, 7) is 1.87. The molecule has 0 saturated carbocycles. The Bertz CT molecular complexity index is 498. The predicted octanol–water partition coefficient (Wildman–Crippen LogP) is 1.23. The van der Waals surface area contributed by atoms with Crippen molar-refractivity contribution in [2.45, 2.75) is 18.8 Å². The Morgan fingerprint density at radius 1 is 1.47 bits per heavy atom. The van der Waals surface area contributed by atoms with E-state index in [0.717, 1.165) is 22.8 Å². The van der Waals surface area contributed by atoms with Crippen molar-refractivity contribution in [3.63, 3.8) is 0 Å². The molecule has 0 saturated heterocycles. The molecular weight excluding hydrogens is 236 g/mol. The molecule has 0 fully saturated rings. The van der Waals surface area contributed by atoms with Crippen LogP contribution in [-0.4, -0.2) is 38.1 Å². The van der Waals surface area contributed by atoms with Crippen molar-refractivity contribution >= 4 is 17.4 Å². The summed E-state index contributed by atoms with van der Waals surface area (Å²) in [6.07, 6.45) is 1.22. The normalized spacial score (nSPS) is 13.1. The van der Waals surface area contributed by atoms with Gasteiger partial charge in [0.2, 0.25) is 0 Å². The van der Waals surface area contributed by atoms with Gasteiger partial charge in [0.1, 0.15) is 5.65 Å². The SMILES string of the molecule is Cc1cccc2ncc(CSCC(O)CO)n12. The Morgan fingerprint density at radius 3 is 3.06 bits per heavy atom. The van der Waals surface area contributed by atoms with E-state index < -0.39 is 6.10 Å². The summed E-state index contributed by atoms with van der Waals surface area (Å²) in [5.74, 6) is 1.32. The van der Waals surface area contributed by atoms with E-state index in [1.807, 2.05) is 31.3 Å². The first-order chi connectivity index (χ1) is 8.22. The Hall–Kier alpha value is -1.04. The van der Waals surface area contributed by atoms with Crippen LogP contribution in [0.2, 0.25) is 0 Å². The molecule has 1 atom stereocenters. The van der Waals surface area contributed by atoms with E-state index in [0.29, 0.717) is 5.75 Å². The Kier molecular flexibility index (Phi) is 4.04. The summed E-state index contributed by atoms with van der Waals surface area (Å²) in [4.78, 5) is 4.34. The van der Waals surface area contributed by atoms with Crippen LogP contribution in [0, 0.1) is 6.92 Å². The highest BCUT2D eigenvalue weighted by atomic mass is 32.2. The van der Waals surface area contributed by atoms with E-state index in [4.69, 9.17) is 5.11 Å². The molecule has 2 N–H and O–H groups in total. The second-order valence-electron chi connectivity index (χ2n) is 3.96. The van der Waals surface area contributed by atoms with Gasteiger partial charge in [0.25, 0.3) is 0 Å². The van der Waals surface area contributed by atoms with Crippen LogP contribution >= 0.6 is 11.8 Å². The average molecular weight is 252 g/mol. The van der Waals surface area contributed by atoms with Gasteiger partial charge in [-0.2, -0.15) is 11.8 Å². The van der Waals surface area contributed by atoms with Crippen molar-refractivity contribution in [3.8, 4) is 0 Å². The lowest BCUT2D eigenvalue weighted by Gasteiger charge is -2.07. The number of thioether (sulfide) groups is 1. The van der Waals surface area contributed by atoms with Gasteiger partial charge in [0, 0.05) is 17.2 Å². The second kappa shape index (κ2) is 5.53. The Labute approximate surface area is 104 Å². The number of pyridine rings is 1. The van der Waals surface area contributed by atoms with Crippen LogP contribution in [0.3, 0.4) is 0 Å². The van der Waals surface area contributed by atoms with E-state index in [1.165, 1.54) is 0 Å². The highest BCUT2D eigenvalue weighted by Crippen LogP contribution is 2.16. The first-order valence-electron chi connectivity index (χ1n) is 5.51. The molecule has 0 spiro atoms. The molecule has 2 aromatic rings. The monoisotopic (exact) mass is 252 g/mol. The molecule has 2 heterocycles. The number of nitrogens with zero attached hydrogens (tertiary/aromatic N) is 2. The van der Waals surface area contributed by atoms with E-state index >= 15 is 0 Å². The third kappa shape index (κ3) is 2.80. The van der Waals surface area contributed by atoms with Crippen molar-refractivity contribution in [1.29, 1.82) is 0 Å². The number of aromatic nitrogens is 2. The van der Waals surface area contributed by atoms with Gasteiger partial charge in [0.05, 0.1) is 24.6 Å². The minimum atomic E-state index is -0.639. The molecule has 0 aromatic carbocycles. The summed E-state index contributed by atoms with van der Waals surface area (Å²) >= 11 is 1.60. The largest absolute Gasteiger partial charge is 0.394 e. The van der Waals surface area contributed by atoms with Crippen molar-refractivity contribution in [2.75, 3.05) is 12.4 Å². The number of rotatable bonds is 5. The molecule has 92 valence electrons. The quantitative estimate of drug-likeness (QED) is 0.840. The second-order valence-corrected chi connectivity index (χ2v) is 4.99. The summed E-state index contributed by atoms with van der Waals surface area (Å²) in [6, 6.07) is 6.01. The van der Waals surface area contributed by atoms with Gasteiger partial charge in [0.15, 0.2) is 0 Å². The minimum Gasteiger partial charge on any atom is -0.394 e. The van der Waals surface area contributed by atoms with Crippen LogP contribution in [0.4, 0.5) is 0 Å². The topological polar surface area (TPSA) is 57.8 Å². The van der Waals surface area contributed by atoms with Crippen LogP contribution in [-0.2, 0) is 5.75 Å². The molecular formula is C12H16N2O2S. The van der Waals surface area contributed by atoms with Crippen molar-refractivity contribution in [3.05, 3.63) is 35.8 Å². The molecule has 0 amide bonds. The first kappa shape index (κ1) is 12.4. The number of aliphatic hydroxyl groups is 2. The predicted molar refractivity (Wildman–Crippen MR) is 69.2 cm³/mol.